The van der Waals surface area contributed by atoms with E-state index in [1.165, 1.54) is 11.3 Å². The number of rotatable bonds is 5. The minimum Gasteiger partial charge on any atom is -0.481 e. The molecule has 1 aliphatic heterocycles. The molecule has 0 saturated heterocycles. The number of guanidine groups is 1. The normalized spacial score (nSPS) is 24.9. The molecule has 0 aromatic heterocycles. The Morgan fingerprint density at radius 2 is 1.92 bits per heavy atom. The van der Waals surface area contributed by atoms with Crippen molar-refractivity contribution < 1.29 is 14.7 Å². The summed E-state index contributed by atoms with van der Waals surface area (Å²) in [5.74, 6) is -0.893. The van der Waals surface area contributed by atoms with Gasteiger partial charge in [0, 0.05) is 6.54 Å². The highest BCUT2D eigenvalue weighted by atomic mass is 16.4. The lowest BCUT2D eigenvalue weighted by Crippen LogP contribution is -2.47. The molecular weight excluding hydrogens is 306 g/mol. The molecule has 3 rings (SSSR count). The molecule has 1 aromatic rings. The Bertz CT molecular complexity index is 653. The second kappa shape index (κ2) is 6.63. The Labute approximate surface area is 141 Å². The number of benzene rings is 1. The second-order valence-electron chi connectivity index (χ2n) is 6.54. The van der Waals surface area contributed by atoms with Crippen LogP contribution in [0.1, 0.15) is 44.1 Å². The number of nitrogens with zero attached hydrogens (tertiary/aromatic N) is 2. The minimum atomic E-state index is -0.996. The Morgan fingerprint density at radius 3 is 2.54 bits per heavy atom. The summed E-state index contributed by atoms with van der Waals surface area (Å²) >= 11 is 0. The van der Waals surface area contributed by atoms with E-state index in [2.05, 4.69) is 4.99 Å². The Morgan fingerprint density at radius 1 is 1.25 bits per heavy atom. The lowest BCUT2D eigenvalue weighted by atomic mass is 9.71. The van der Waals surface area contributed by atoms with Crippen LogP contribution in [-0.4, -0.2) is 34.4 Å². The van der Waals surface area contributed by atoms with E-state index in [0.717, 1.165) is 31.2 Å². The van der Waals surface area contributed by atoms with Gasteiger partial charge in [-0.3, -0.25) is 14.5 Å². The number of carboxylic acids is 1. The first kappa shape index (κ1) is 16.5. The number of aliphatic imine (C=N–C) groups is 1. The Kier molecular flexibility index (Phi) is 4.55. The van der Waals surface area contributed by atoms with Crippen molar-refractivity contribution in [2.45, 2.75) is 44.1 Å². The van der Waals surface area contributed by atoms with Crippen LogP contribution >= 0.6 is 0 Å². The molecule has 1 amide bonds. The summed E-state index contributed by atoms with van der Waals surface area (Å²) in [4.78, 5) is 30.1. The summed E-state index contributed by atoms with van der Waals surface area (Å²) < 4.78 is 0. The zero-order valence-electron chi connectivity index (χ0n) is 13.6. The van der Waals surface area contributed by atoms with Crippen molar-refractivity contribution in [3.05, 3.63) is 35.9 Å². The van der Waals surface area contributed by atoms with Crippen LogP contribution in [0.25, 0.3) is 0 Å². The Hall–Kier alpha value is -2.37. The summed E-state index contributed by atoms with van der Waals surface area (Å²) in [7, 11) is 0. The van der Waals surface area contributed by atoms with Crippen molar-refractivity contribution >= 4 is 17.8 Å². The zero-order valence-corrected chi connectivity index (χ0v) is 13.6. The van der Waals surface area contributed by atoms with Crippen LogP contribution in [0, 0.1) is 5.92 Å². The van der Waals surface area contributed by atoms with Crippen LogP contribution in [0.5, 0.6) is 0 Å². The Balaban J connectivity index is 2.00. The monoisotopic (exact) mass is 329 g/mol. The molecule has 24 heavy (non-hydrogen) atoms. The van der Waals surface area contributed by atoms with Gasteiger partial charge in [0.2, 0.25) is 0 Å². The number of aliphatic carboxylic acids is 1. The van der Waals surface area contributed by atoms with Crippen molar-refractivity contribution in [3.63, 3.8) is 0 Å². The van der Waals surface area contributed by atoms with Crippen LogP contribution in [-0.2, 0) is 15.1 Å². The minimum absolute atomic E-state index is 0.0603. The molecular formula is C18H23N3O3. The molecule has 0 bridgehead atoms. The van der Waals surface area contributed by atoms with Gasteiger partial charge < -0.3 is 10.8 Å². The fourth-order valence-corrected chi connectivity index (χ4v) is 3.92. The predicted molar refractivity (Wildman–Crippen MR) is 90.3 cm³/mol. The van der Waals surface area contributed by atoms with Crippen LogP contribution < -0.4 is 5.73 Å². The van der Waals surface area contributed by atoms with Crippen LogP contribution in [0.2, 0.25) is 0 Å². The second-order valence-corrected chi connectivity index (χ2v) is 6.54. The number of hydrogen-bond acceptors (Lipinski definition) is 4. The van der Waals surface area contributed by atoms with Gasteiger partial charge in [-0.15, -0.1) is 0 Å². The van der Waals surface area contributed by atoms with Crippen molar-refractivity contribution in [2.75, 3.05) is 6.54 Å². The van der Waals surface area contributed by atoms with E-state index in [0.29, 0.717) is 0 Å². The molecule has 2 aliphatic rings. The first-order valence-electron chi connectivity index (χ1n) is 8.50. The van der Waals surface area contributed by atoms with E-state index in [9.17, 15) is 9.59 Å². The molecule has 128 valence electrons. The third kappa shape index (κ3) is 2.77. The topological polar surface area (TPSA) is 96.0 Å². The molecule has 1 atom stereocenters. The highest BCUT2D eigenvalue weighted by Gasteiger charge is 2.53. The summed E-state index contributed by atoms with van der Waals surface area (Å²) in [6.45, 7) is 0.0603. The van der Waals surface area contributed by atoms with Gasteiger partial charge in [0.1, 0.15) is 0 Å². The van der Waals surface area contributed by atoms with Crippen molar-refractivity contribution in [3.8, 4) is 0 Å². The van der Waals surface area contributed by atoms with E-state index in [1.807, 2.05) is 30.3 Å². The van der Waals surface area contributed by atoms with E-state index in [1.54, 1.807) is 0 Å². The molecule has 6 nitrogen and oxygen atoms in total. The van der Waals surface area contributed by atoms with Gasteiger partial charge in [0.05, 0.1) is 6.42 Å². The third-order valence-electron chi connectivity index (χ3n) is 5.10. The van der Waals surface area contributed by atoms with Gasteiger partial charge in [-0.2, -0.15) is 0 Å². The maximum atomic E-state index is 13.3. The molecule has 1 saturated carbocycles. The van der Waals surface area contributed by atoms with Crippen molar-refractivity contribution in [1.29, 1.82) is 0 Å². The molecule has 1 heterocycles. The van der Waals surface area contributed by atoms with Gasteiger partial charge in [-0.05, 0) is 24.3 Å². The van der Waals surface area contributed by atoms with Gasteiger partial charge >= 0.3 is 5.97 Å². The highest BCUT2D eigenvalue weighted by molar-refractivity contribution is 6.07. The maximum Gasteiger partial charge on any atom is 0.305 e. The summed E-state index contributed by atoms with van der Waals surface area (Å²) in [5, 5.41) is 8.92. The fraction of sp³-hybridized carbons (Fsp3) is 0.500. The highest BCUT2D eigenvalue weighted by Crippen LogP contribution is 2.46. The van der Waals surface area contributed by atoms with Gasteiger partial charge in [0.15, 0.2) is 11.5 Å². The quantitative estimate of drug-likeness (QED) is 0.864. The SMILES string of the molecule is NC1=NC(c2ccccc2)(C2CCCCC2)C(=O)N1CCC(=O)O. The molecule has 1 unspecified atom stereocenters. The van der Waals surface area contributed by atoms with Crippen molar-refractivity contribution in [1.82, 2.24) is 4.90 Å². The first-order chi connectivity index (χ1) is 11.6. The van der Waals surface area contributed by atoms with Gasteiger partial charge in [0.25, 0.3) is 5.91 Å². The molecule has 6 heteroatoms. The lowest BCUT2D eigenvalue weighted by molar-refractivity contribution is -0.138. The average molecular weight is 329 g/mol. The lowest BCUT2D eigenvalue weighted by Gasteiger charge is -2.36. The number of carbonyl (C=O) groups is 2. The molecule has 0 radical (unpaired) electrons. The zero-order chi connectivity index (χ0) is 17.2. The molecule has 3 N–H and O–H groups in total. The molecule has 0 spiro atoms. The summed E-state index contributed by atoms with van der Waals surface area (Å²) in [6.07, 6.45) is 5.07. The standard InChI is InChI=1S/C18H23N3O3/c19-17-20-18(13-7-3-1-4-8-13,14-9-5-2-6-10-14)16(24)21(17)12-11-15(22)23/h1,3-4,7-8,14H,2,5-6,9-12H2,(H2,19,20)(H,22,23). The third-order valence-corrected chi connectivity index (χ3v) is 5.10. The maximum absolute atomic E-state index is 13.3. The molecule has 1 aromatic carbocycles. The number of carbonyl (C=O) groups excluding carboxylic acids is 1. The average Bonchev–Trinajstić information content (AvgIpc) is 2.86. The van der Waals surface area contributed by atoms with E-state index >= 15 is 0 Å². The van der Waals surface area contributed by atoms with E-state index in [-0.39, 0.29) is 30.8 Å². The fourth-order valence-electron chi connectivity index (χ4n) is 3.92. The van der Waals surface area contributed by atoms with Crippen LogP contribution in [0.15, 0.2) is 35.3 Å². The summed E-state index contributed by atoms with van der Waals surface area (Å²) in [6, 6.07) is 9.55. The largest absolute Gasteiger partial charge is 0.481 e. The molecule has 1 aliphatic carbocycles. The van der Waals surface area contributed by atoms with Crippen molar-refractivity contribution in [2.24, 2.45) is 16.6 Å². The number of amides is 1. The van der Waals surface area contributed by atoms with Crippen LogP contribution in [0.4, 0.5) is 0 Å². The first-order valence-corrected chi connectivity index (χ1v) is 8.50. The van der Waals surface area contributed by atoms with E-state index in [4.69, 9.17) is 10.8 Å². The van der Waals surface area contributed by atoms with Gasteiger partial charge in [-0.25, -0.2) is 4.99 Å². The predicted octanol–water partition coefficient (Wildman–Crippen LogP) is 2.09. The van der Waals surface area contributed by atoms with E-state index < -0.39 is 11.5 Å². The number of carboxylic acid groups (broad SMARTS) is 1. The molecule has 1 fully saturated rings. The smallest absolute Gasteiger partial charge is 0.305 e. The van der Waals surface area contributed by atoms with Gasteiger partial charge in [-0.1, -0.05) is 49.6 Å². The number of hydrogen-bond donors (Lipinski definition) is 2. The number of nitrogens with two attached hydrogens (primary N) is 1. The summed E-state index contributed by atoms with van der Waals surface area (Å²) in [5.41, 5.74) is 5.89. The van der Waals surface area contributed by atoms with Crippen LogP contribution in [0.3, 0.4) is 0 Å².